The monoisotopic (exact) mass is 255 g/mol. The molecule has 1 aliphatic heterocycles. The largest absolute Gasteiger partial charge is 0.312 e. The molecule has 1 aliphatic rings. The van der Waals surface area contributed by atoms with Crippen molar-refractivity contribution in [1.29, 1.82) is 0 Å². The van der Waals surface area contributed by atoms with Crippen LogP contribution in [-0.2, 0) is 32.9 Å². The lowest BCUT2D eigenvalue weighted by atomic mass is 9.93. The van der Waals surface area contributed by atoms with Gasteiger partial charge in [-0.2, -0.15) is 5.10 Å². The molecule has 3 rings (SSSR count). The number of aromatic nitrogens is 2. The fourth-order valence-corrected chi connectivity index (χ4v) is 2.86. The van der Waals surface area contributed by atoms with Crippen molar-refractivity contribution in [1.82, 2.24) is 15.1 Å². The zero-order chi connectivity index (χ0) is 13.2. The van der Waals surface area contributed by atoms with Crippen molar-refractivity contribution in [3.63, 3.8) is 0 Å². The summed E-state index contributed by atoms with van der Waals surface area (Å²) in [5.74, 6) is 0. The van der Waals surface area contributed by atoms with Crippen LogP contribution >= 0.6 is 0 Å². The van der Waals surface area contributed by atoms with Gasteiger partial charge in [-0.25, -0.2) is 0 Å². The van der Waals surface area contributed by atoms with Gasteiger partial charge in [0.1, 0.15) is 0 Å². The van der Waals surface area contributed by atoms with E-state index >= 15 is 0 Å². The molecule has 0 aliphatic carbocycles. The summed E-state index contributed by atoms with van der Waals surface area (Å²) < 4.78 is 2.02. The van der Waals surface area contributed by atoms with Gasteiger partial charge in [-0.05, 0) is 42.1 Å². The van der Waals surface area contributed by atoms with Crippen molar-refractivity contribution in [2.75, 3.05) is 6.54 Å². The quantitative estimate of drug-likeness (QED) is 0.911. The van der Waals surface area contributed by atoms with E-state index in [1.54, 1.807) is 0 Å². The highest BCUT2D eigenvalue weighted by Crippen LogP contribution is 2.21. The molecule has 0 radical (unpaired) electrons. The van der Waals surface area contributed by atoms with Crippen molar-refractivity contribution < 1.29 is 0 Å². The van der Waals surface area contributed by atoms with Crippen LogP contribution in [-0.4, -0.2) is 16.3 Å². The minimum atomic E-state index is 0.981. The SMILES string of the molecule is CCc1cc(Cc2cccc3c2CNCC3)n(C)n1. The van der Waals surface area contributed by atoms with Gasteiger partial charge in [0.25, 0.3) is 0 Å². The molecule has 0 saturated heterocycles. The molecule has 1 N–H and O–H groups in total. The Bertz CT molecular complexity index is 584. The highest BCUT2D eigenvalue weighted by atomic mass is 15.3. The molecular formula is C16H21N3. The molecule has 0 spiro atoms. The van der Waals surface area contributed by atoms with Crippen LogP contribution in [0, 0.1) is 0 Å². The molecule has 0 atom stereocenters. The van der Waals surface area contributed by atoms with Crippen molar-refractivity contribution in [2.45, 2.75) is 32.7 Å². The Morgan fingerprint density at radius 3 is 3.05 bits per heavy atom. The summed E-state index contributed by atoms with van der Waals surface area (Å²) >= 11 is 0. The third-order valence-corrected chi connectivity index (χ3v) is 4.00. The van der Waals surface area contributed by atoms with E-state index in [1.807, 2.05) is 11.7 Å². The van der Waals surface area contributed by atoms with Crippen LogP contribution in [0.5, 0.6) is 0 Å². The maximum atomic E-state index is 4.54. The molecule has 100 valence electrons. The standard InChI is InChI=1S/C16H21N3/c1-3-14-10-15(19(2)18-14)9-13-6-4-5-12-7-8-17-11-16(12)13/h4-6,10,17H,3,7-9,11H2,1-2H3. The summed E-state index contributed by atoms with van der Waals surface area (Å²) in [5, 5.41) is 8.01. The molecular weight excluding hydrogens is 234 g/mol. The van der Waals surface area contributed by atoms with Crippen LogP contribution in [0.25, 0.3) is 0 Å². The van der Waals surface area contributed by atoms with Crippen molar-refractivity contribution >= 4 is 0 Å². The van der Waals surface area contributed by atoms with E-state index in [9.17, 15) is 0 Å². The van der Waals surface area contributed by atoms with Gasteiger partial charge >= 0.3 is 0 Å². The lowest BCUT2D eigenvalue weighted by Gasteiger charge is -2.20. The van der Waals surface area contributed by atoms with Crippen LogP contribution < -0.4 is 5.32 Å². The van der Waals surface area contributed by atoms with Crippen LogP contribution in [0.3, 0.4) is 0 Å². The van der Waals surface area contributed by atoms with Crippen LogP contribution in [0.1, 0.15) is 35.0 Å². The average Bonchev–Trinajstić information content (AvgIpc) is 2.80. The molecule has 1 aromatic carbocycles. The van der Waals surface area contributed by atoms with E-state index < -0.39 is 0 Å². The van der Waals surface area contributed by atoms with Gasteiger partial charge in [0.15, 0.2) is 0 Å². The molecule has 1 aromatic heterocycles. The number of fused-ring (bicyclic) bond motifs is 1. The van der Waals surface area contributed by atoms with E-state index in [0.717, 1.165) is 32.4 Å². The van der Waals surface area contributed by atoms with Crippen LogP contribution in [0.4, 0.5) is 0 Å². The van der Waals surface area contributed by atoms with E-state index in [2.05, 4.69) is 41.6 Å². The first-order valence-corrected chi connectivity index (χ1v) is 7.10. The Morgan fingerprint density at radius 1 is 1.37 bits per heavy atom. The molecule has 0 amide bonds. The second-order valence-corrected chi connectivity index (χ2v) is 5.26. The number of hydrogen-bond acceptors (Lipinski definition) is 2. The minimum Gasteiger partial charge on any atom is -0.312 e. The molecule has 2 heterocycles. The summed E-state index contributed by atoms with van der Waals surface area (Å²) in [4.78, 5) is 0. The molecule has 0 fully saturated rings. The van der Waals surface area contributed by atoms with E-state index in [0.29, 0.717) is 0 Å². The van der Waals surface area contributed by atoms with Gasteiger partial charge in [-0.1, -0.05) is 25.1 Å². The molecule has 0 unspecified atom stereocenters. The van der Waals surface area contributed by atoms with Gasteiger partial charge in [-0.3, -0.25) is 4.68 Å². The van der Waals surface area contributed by atoms with E-state index in [-0.39, 0.29) is 0 Å². The predicted octanol–water partition coefficient (Wildman–Crippen LogP) is 2.22. The summed E-state index contributed by atoms with van der Waals surface area (Å²) in [5.41, 5.74) is 6.92. The molecule has 2 aromatic rings. The first kappa shape index (κ1) is 12.4. The normalized spacial score (nSPS) is 14.4. The zero-order valence-corrected chi connectivity index (χ0v) is 11.7. The van der Waals surface area contributed by atoms with Gasteiger partial charge in [0, 0.05) is 25.7 Å². The Balaban J connectivity index is 1.92. The highest BCUT2D eigenvalue weighted by Gasteiger charge is 2.14. The third kappa shape index (κ3) is 2.43. The van der Waals surface area contributed by atoms with Crippen molar-refractivity contribution in [3.05, 3.63) is 52.3 Å². The van der Waals surface area contributed by atoms with Crippen molar-refractivity contribution in [2.24, 2.45) is 7.05 Å². The average molecular weight is 255 g/mol. The fourth-order valence-electron chi connectivity index (χ4n) is 2.86. The number of nitrogens with one attached hydrogen (secondary N) is 1. The fraction of sp³-hybridized carbons (Fsp3) is 0.438. The number of aryl methyl sites for hydroxylation is 2. The van der Waals surface area contributed by atoms with Gasteiger partial charge in [0.05, 0.1) is 5.69 Å². The Morgan fingerprint density at radius 2 is 2.26 bits per heavy atom. The smallest absolute Gasteiger partial charge is 0.0624 e. The second-order valence-electron chi connectivity index (χ2n) is 5.26. The molecule has 3 heteroatoms. The first-order chi connectivity index (χ1) is 9.28. The molecule has 3 nitrogen and oxygen atoms in total. The van der Waals surface area contributed by atoms with E-state index in [1.165, 1.54) is 28.1 Å². The third-order valence-electron chi connectivity index (χ3n) is 4.00. The summed E-state index contributed by atoms with van der Waals surface area (Å²) in [7, 11) is 2.04. The number of benzene rings is 1. The Hall–Kier alpha value is -1.61. The summed E-state index contributed by atoms with van der Waals surface area (Å²) in [6, 6.07) is 8.94. The second kappa shape index (κ2) is 5.17. The Labute approximate surface area is 114 Å². The zero-order valence-electron chi connectivity index (χ0n) is 11.7. The Kier molecular flexibility index (Phi) is 3.38. The van der Waals surface area contributed by atoms with Gasteiger partial charge in [0.2, 0.25) is 0 Å². The lowest BCUT2D eigenvalue weighted by Crippen LogP contribution is -2.24. The number of hydrogen-bond donors (Lipinski definition) is 1. The van der Waals surface area contributed by atoms with Gasteiger partial charge < -0.3 is 5.32 Å². The van der Waals surface area contributed by atoms with E-state index in [4.69, 9.17) is 0 Å². The van der Waals surface area contributed by atoms with Crippen LogP contribution in [0.15, 0.2) is 24.3 Å². The molecule has 19 heavy (non-hydrogen) atoms. The molecule has 0 saturated carbocycles. The predicted molar refractivity (Wildman–Crippen MR) is 77.2 cm³/mol. The number of rotatable bonds is 3. The highest BCUT2D eigenvalue weighted by molar-refractivity contribution is 5.39. The maximum Gasteiger partial charge on any atom is 0.0624 e. The number of nitrogens with zero attached hydrogens (tertiary/aromatic N) is 2. The summed E-state index contributed by atoms with van der Waals surface area (Å²) in [6.45, 7) is 4.26. The van der Waals surface area contributed by atoms with Gasteiger partial charge in [-0.15, -0.1) is 0 Å². The van der Waals surface area contributed by atoms with Crippen LogP contribution in [0.2, 0.25) is 0 Å². The lowest BCUT2D eigenvalue weighted by molar-refractivity contribution is 0.636. The molecule has 0 bridgehead atoms. The topological polar surface area (TPSA) is 29.9 Å². The van der Waals surface area contributed by atoms with Crippen molar-refractivity contribution in [3.8, 4) is 0 Å². The minimum absolute atomic E-state index is 0.981. The maximum absolute atomic E-state index is 4.54. The summed E-state index contributed by atoms with van der Waals surface area (Å²) in [6.07, 6.45) is 3.13. The first-order valence-electron chi connectivity index (χ1n) is 7.10.